The molecule has 1 aliphatic heterocycles. The first kappa shape index (κ1) is 16.4. The molecule has 1 N–H and O–H groups in total. The number of anilines is 2. The minimum absolute atomic E-state index is 0.0261. The maximum Gasteiger partial charge on any atom is 0.353 e. The van der Waals surface area contributed by atoms with Crippen LogP contribution in [0.25, 0.3) is 0 Å². The molecule has 2 rings (SSSR count). The summed E-state index contributed by atoms with van der Waals surface area (Å²) in [7, 11) is 1.63. The van der Waals surface area contributed by atoms with Crippen LogP contribution in [0.1, 0.15) is 32.1 Å². The van der Waals surface area contributed by atoms with Gasteiger partial charge in [0.05, 0.1) is 4.92 Å². The van der Waals surface area contributed by atoms with Crippen LogP contribution in [0.2, 0.25) is 0 Å². The summed E-state index contributed by atoms with van der Waals surface area (Å²) in [5.74, 6) is 0.714. The summed E-state index contributed by atoms with van der Waals surface area (Å²) in [5.41, 5.74) is -0.0261. The van der Waals surface area contributed by atoms with Crippen LogP contribution in [0.5, 0.6) is 0 Å². The molecule has 0 amide bonds. The lowest BCUT2D eigenvalue weighted by Gasteiger charge is -2.21. The summed E-state index contributed by atoms with van der Waals surface area (Å²) in [6.07, 6.45) is 6.56. The van der Waals surface area contributed by atoms with E-state index in [1.54, 1.807) is 7.11 Å². The Balaban J connectivity index is 2.19. The summed E-state index contributed by atoms with van der Waals surface area (Å²) in [6, 6.07) is 0. The van der Waals surface area contributed by atoms with Gasteiger partial charge in [-0.2, -0.15) is 0 Å². The normalized spacial score (nSPS) is 15.4. The number of hydrogen-bond donors (Lipinski definition) is 1. The molecule has 1 aromatic heterocycles. The third kappa shape index (κ3) is 4.27. The van der Waals surface area contributed by atoms with E-state index in [4.69, 9.17) is 4.74 Å². The SMILES string of the molecule is COCCCNc1ncnc(N2CCCCCC2)c1[N+](=O)[O-]. The zero-order chi connectivity index (χ0) is 15.8. The highest BCUT2D eigenvalue weighted by Gasteiger charge is 2.27. The minimum atomic E-state index is -0.390. The smallest absolute Gasteiger partial charge is 0.353 e. The van der Waals surface area contributed by atoms with Crippen molar-refractivity contribution >= 4 is 17.3 Å². The fraction of sp³-hybridized carbons (Fsp3) is 0.714. The van der Waals surface area contributed by atoms with Crippen LogP contribution in [-0.4, -0.2) is 48.2 Å². The van der Waals surface area contributed by atoms with Crippen molar-refractivity contribution in [1.29, 1.82) is 0 Å². The highest BCUT2D eigenvalue weighted by molar-refractivity contribution is 5.70. The Bertz CT molecular complexity index is 489. The van der Waals surface area contributed by atoms with E-state index < -0.39 is 4.92 Å². The van der Waals surface area contributed by atoms with E-state index in [0.717, 1.165) is 45.2 Å². The van der Waals surface area contributed by atoms with E-state index in [2.05, 4.69) is 15.3 Å². The van der Waals surface area contributed by atoms with Crippen molar-refractivity contribution in [3.05, 3.63) is 16.4 Å². The van der Waals surface area contributed by atoms with Crippen molar-refractivity contribution in [2.75, 3.05) is 43.6 Å². The number of rotatable bonds is 7. The van der Waals surface area contributed by atoms with Crippen molar-refractivity contribution in [2.45, 2.75) is 32.1 Å². The molecule has 8 nitrogen and oxygen atoms in total. The molecule has 0 radical (unpaired) electrons. The third-order valence-corrected chi connectivity index (χ3v) is 3.71. The van der Waals surface area contributed by atoms with Gasteiger partial charge < -0.3 is 15.0 Å². The van der Waals surface area contributed by atoms with Gasteiger partial charge in [-0.1, -0.05) is 12.8 Å². The van der Waals surface area contributed by atoms with Gasteiger partial charge in [0.15, 0.2) is 0 Å². The molecule has 8 heteroatoms. The van der Waals surface area contributed by atoms with Crippen LogP contribution >= 0.6 is 0 Å². The Morgan fingerprint density at radius 3 is 2.68 bits per heavy atom. The second-order valence-corrected chi connectivity index (χ2v) is 5.33. The van der Waals surface area contributed by atoms with Gasteiger partial charge in [-0.25, -0.2) is 9.97 Å². The number of nitrogens with zero attached hydrogens (tertiary/aromatic N) is 4. The molecule has 1 saturated heterocycles. The Kier molecular flexibility index (Phi) is 6.32. The average Bonchev–Trinajstić information content (AvgIpc) is 2.80. The standard InChI is InChI=1S/C14H23N5O3/c1-22-10-6-7-15-13-12(19(20)21)14(17-11-16-13)18-8-4-2-3-5-9-18/h11H,2-10H2,1H3,(H,15,16,17). The molecular weight excluding hydrogens is 286 g/mol. The second-order valence-electron chi connectivity index (χ2n) is 5.33. The molecule has 0 atom stereocenters. The number of ether oxygens (including phenoxy) is 1. The Morgan fingerprint density at radius 2 is 2.05 bits per heavy atom. The van der Waals surface area contributed by atoms with Crippen molar-refractivity contribution < 1.29 is 9.66 Å². The molecule has 0 saturated carbocycles. The maximum absolute atomic E-state index is 11.5. The number of aromatic nitrogens is 2. The molecule has 0 bridgehead atoms. The first-order chi connectivity index (χ1) is 10.7. The van der Waals surface area contributed by atoms with E-state index in [-0.39, 0.29) is 11.5 Å². The topological polar surface area (TPSA) is 93.4 Å². The number of methoxy groups -OCH3 is 1. The fourth-order valence-electron chi connectivity index (χ4n) is 2.60. The van der Waals surface area contributed by atoms with Crippen LogP contribution < -0.4 is 10.2 Å². The second kappa shape index (κ2) is 8.47. The van der Waals surface area contributed by atoms with Crippen molar-refractivity contribution in [3.63, 3.8) is 0 Å². The van der Waals surface area contributed by atoms with Crippen molar-refractivity contribution in [2.24, 2.45) is 0 Å². The van der Waals surface area contributed by atoms with Crippen molar-refractivity contribution in [1.82, 2.24) is 9.97 Å². The first-order valence-electron chi connectivity index (χ1n) is 7.71. The van der Waals surface area contributed by atoms with Crippen LogP contribution in [0, 0.1) is 10.1 Å². The van der Waals surface area contributed by atoms with Crippen LogP contribution in [0.4, 0.5) is 17.3 Å². The minimum Gasteiger partial charge on any atom is -0.385 e. The van der Waals surface area contributed by atoms with E-state index in [1.807, 2.05) is 4.90 Å². The quantitative estimate of drug-likeness (QED) is 0.469. The summed E-state index contributed by atoms with van der Waals surface area (Å²) in [5, 5.41) is 14.5. The number of hydrogen-bond acceptors (Lipinski definition) is 7. The predicted molar refractivity (Wildman–Crippen MR) is 84.4 cm³/mol. The molecule has 0 unspecified atom stereocenters. The Hall–Kier alpha value is -1.96. The average molecular weight is 309 g/mol. The molecule has 0 spiro atoms. The lowest BCUT2D eigenvalue weighted by Crippen LogP contribution is -2.26. The highest BCUT2D eigenvalue weighted by atomic mass is 16.6. The summed E-state index contributed by atoms with van der Waals surface area (Å²) in [4.78, 5) is 21.3. The molecule has 122 valence electrons. The van der Waals surface area contributed by atoms with E-state index in [1.165, 1.54) is 6.33 Å². The molecule has 0 aliphatic carbocycles. The third-order valence-electron chi connectivity index (χ3n) is 3.71. The van der Waals surface area contributed by atoms with Gasteiger partial charge in [0.25, 0.3) is 0 Å². The zero-order valence-corrected chi connectivity index (χ0v) is 13.0. The molecule has 22 heavy (non-hydrogen) atoms. The summed E-state index contributed by atoms with van der Waals surface area (Å²) < 4.78 is 4.98. The summed E-state index contributed by atoms with van der Waals surface area (Å²) in [6.45, 7) is 2.79. The lowest BCUT2D eigenvalue weighted by molar-refractivity contribution is -0.383. The van der Waals surface area contributed by atoms with Crippen molar-refractivity contribution in [3.8, 4) is 0 Å². The molecule has 1 aromatic rings. The van der Waals surface area contributed by atoms with Gasteiger partial charge >= 0.3 is 5.69 Å². The zero-order valence-electron chi connectivity index (χ0n) is 13.0. The summed E-state index contributed by atoms with van der Waals surface area (Å²) >= 11 is 0. The maximum atomic E-state index is 11.5. The van der Waals surface area contributed by atoms with Crippen LogP contribution in [0.3, 0.4) is 0 Å². The first-order valence-corrected chi connectivity index (χ1v) is 7.71. The van der Waals surface area contributed by atoms with Gasteiger partial charge in [-0.3, -0.25) is 10.1 Å². The molecule has 1 fully saturated rings. The largest absolute Gasteiger partial charge is 0.385 e. The molecular formula is C14H23N5O3. The fourth-order valence-corrected chi connectivity index (χ4v) is 2.60. The van der Waals surface area contributed by atoms with Crippen LogP contribution in [-0.2, 0) is 4.74 Å². The molecule has 1 aliphatic rings. The van der Waals surface area contributed by atoms with E-state index >= 15 is 0 Å². The van der Waals surface area contributed by atoms with Gasteiger partial charge in [-0.05, 0) is 19.3 Å². The van der Waals surface area contributed by atoms with E-state index in [0.29, 0.717) is 19.0 Å². The highest BCUT2D eigenvalue weighted by Crippen LogP contribution is 2.32. The van der Waals surface area contributed by atoms with Gasteiger partial charge in [0.1, 0.15) is 6.33 Å². The molecule has 0 aromatic carbocycles. The Labute approximate surface area is 130 Å². The van der Waals surface area contributed by atoms with Crippen LogP contribution in [0.15, 0.2) is 6.33 Å². The van der Waals surface area contributed by atoms with Gasteiger partial charge in [-0.15, -0.1) is 0 Å². The number of nitrogens with one attached hydrogen (secondary N) is 1. The number of nitro groups is 1. The van der Waals surface area contributed by atoms with Gasteiger partial charge in [0.2, 0.25) is 11.6 Å². The Morgan fingerprint density at radius 1 is 1.32 bits per heavy atom. The lowest BCUT2D eigenvalue weighted by atomic mass is 10.2. The van der Waals surface area contributed by atoms with E-state index in [9.17, 15) is 10.1 Å². The molecule has 2 heterocycles. The van der Waals surface area contributed by atoms with Gasteiger partial charge in [0, 0.05) is 33.4 Å². The monoisotopic (exact) mass is 309 g/mol. The predicted octanol–water partition coefficient (Wildman–Crippen LogP) is 2.21.